The average molecular weight is 182 g/mol. The van der Waals surface area contributed by atoms with Crippen LogP contribution in [0, 0.1) is 17.8 Å². The van der Waals surface area contributed by atoms with Gasteiger partial charge in [-0.2, -0.15) is 0 Å². The van der Waals surface area contributed by atoms with Crippen LogP contribution >= 0.6 is 0 Å². The molecule has 0 aromatic carbocycles. The first-order valence-electron chi connectivity index (χ1n) is 5.61. The lowest BCUT2D eigenvalue weighted by Gasteiger charge is -2.21. The maximum atomic E-state index is 11.4. The topological polar surface area (TPSA) is 17.1 Å². The highest BCUT2D eigenvalue weighted by atomic mass is 16.1. The molecule has 1 heteroatoms. The van der Waals surface area contributed by atoms with Crippen molar-refractivity contribution in [2.75, 3.05) is 0 Å². The summed E-state index contributed by atoms with van der Waals surface area (Å²) in [6.45, 7) is 6.08. The second-order valence-corrected chi connectivity index (χ2v) is 4.85. The van der Waals surface area contributed by atoms with Gasteiger partial charge in [0.1, 0.15) is 5.78 Å². The molecule has 0 heterocycles. The molecule has 1 nitrogen and oxygen atoms in total. The zero-order chi connectivity index (χ0) is 9.84. The first kappa shape index (κ1) is 10.7. The predicted molar refractivity (Wildman–Crippen MR) is 55.6 cm³/mol. The number of Topliss-reactive ketones (excluding diaryl/α,β-unsaturated/α-hetero) is 1. The Balaban J connectivity index is 2.41. The van der Waals surface area contributed by atoms with Crippen LogP contribution in [0.4, 0.5) is 0 Å². The van der Waals surface area contributed by atoms with E-state index in [9.17, 15) is 4.79 Å². The second kappa shape index (κ2) is 4.78. The monoisotopic (exact) mass is 182 g/mol. The van der Waals surface area contributed by atoms with Gasteiger partial charge in [0, 0.05) is 5.92 Å². The molecule has 0 saturated heterocycles. The molecule has 1 unspecified atom stereocenters. The van der Waals surface area contributed by atoms with Crippen LogP contribution in [0.1, 0.15) is 52.9 Å². The van der Waals surface area contributed by atoms with Crippen LogP contribution in [0.15, 0.2) is 0 Å². The molecule has 0 aromatic heterocycles. The summed E-state index contributed by atoms with van der Waals surface area (Å²) in [7, 11) is 0. The zero-order valence-electron chi connectivity index (χ0n) is 9.18. The fourth-order valence-electron chi connectivity index (χ4n) is 2.51. The summed E-state index contributed by atoms with van der Waals surface area (Å²) >= 11 is 0. The van der Waals surface area contributed by atoms with Crippen molar-refractivity contribution in [3.63, 3.8) is 0 Å². The quantitative estimate of drug-likeness (QED) is 0.651. The number of carbonyl (C=O) groups excluding carboxylic acids is 1. The minimum Gasteiger partial charge on any atom is -0.300 e. The zero-order valence-corrected chi connectivity index (χ0v) is 9.18. The molecule has 0 amide bonds. The minimum atomic E-state index is 0.322. The van der Waals surface area contributed by atoms with E-state index < -0.39 is 0 Å². The van der Waals surface area contributed by atoms with Crippen LogP contribution in [-0.4, -0.2) is 5.78 Å². The number of ketones is 1. The molecule has 1 rings (SSSR count). The summed E-state index contributed by atoms with van der Waals surface area (Å²) in [6, 6.07) is 0. The summed E-state index contributed by atoms with van der Waals surface area (Å²) in [4.78, 5) is 11.4. The normalized spacial score (nSPS) is 20.9. The number of hydrogen-bond acceptors (Lipinski definition) is 1. The van der Waals surface area contributed by atoms with E-state index in [1.165, 1.54) is 25.7 Å². The van der Waals surface area contributed by atoms with E-state index >= 15 is 0 Å². The van der Waals surface area contributed by atoms with Crippen molar-refractivity contribution in [2.45, 2.75) is 52.9 Å². The highest BCUT2D eigenvalue weighted by Gasteiger charge is 2.24. The lowest BCUT2D eigenvalue weighted by Crippen LogP contribution is -2.20. The fourth-order valence-corrected chi connectivity index (χ4v) is 2.51. The van der Waals surface area contributed by atoms with Gasteiger partial charge in [-0.1, -0.05) is 39.5 Å². The van der Waals surface area contributed by atoms with Crippen molar-refractivity contribution in [1.82, 2.24) is 0 Å². The van der Waals surface area contributed by atoms with E-state index in [0.29, 0.717) is 17.6 Å². The van der Waals surface area contributed by atoms with Gasteiger partial charge in [-0.3, -0.25) is 4.79 Å². The lowest BCUT2D eigenvalue weighted by molar-refractivity contribution is -0.122. The van der Waals surface area contributed by atoms with Crippen LogP contribution in [0.25, 0.3) is 0 Å². The third-order valence-corrected chi connectivity index (χ3v) is 3.39. The third kappa shape index (κ3) is 3.13. The van der Waals surface area contributed by atoms with E-state index in [1.807, 2.05) is 0 Å². The lowest BCUT2D eigenvalue weighted by atomic mass is 9.83. The van der Waals surface area contributed by atoms with Crippen molar-refractivity contribution in [1.29, 1.82) is 0 Å². The van der Waals surface area contributed by atoms with Gasteiger partial charge in [0.2, 0.25) is 0 Å². The van der Waals surface area contributed by atoms with E-state index in [-0.39, 0.29) is 0 Å². The summed E-state index contributed by atoms with van der Waals surface area (Å²) in [5.74, 6) is 2.08. The minimum absolute atomic E-state index is 0.322. The Hall–Kier alpha value is -0.330. The van der Waals surface area contributed by atoms with E-state index in [2.05, 4.69) is 13.8 Å². The van der Waals surface area contributed by atoms with E-state index in [4.69, 9.17) is 0 Å². The Morgan fingerprint density at radius 3 is 2.23 bits per heavy atom. The van der Waals surface area contributed by atoms with Gasteiger partial charge in [-0.15, -0.1) is 0 Å². The number of hydrogen-bond donors (Lipinski definition) is 0. The molecule has 0 spiro atoms. The third-order valence-electron chi connectivity index (χ3n) is 3.39. The largest absolute Gasteiger partial charge is 0.300 e. The standard InChI is InChI=1S/C12H22O/c1-9(2)12(10(3)13)8-11-6-4-5-7-11/h9,11-12H,4-8H2,1-3H3. The predicted octanol–water partition coefficient (Wildman–Crippen LogP) is 3.43. The van der Waals surface area contributed by atoms with Crippen LogP contribution in [0.3, 0.4) is 0 Å². The van der Waals surface area contributed by atoms with Gasteiger partial charge in [0.15, 0.2) is 0 Å². The van der Waals surface area contributed by atoms with Crippen LogP contribution in [0.5, 0.6) is 0 Å². The molecule has 0 bridgehead atoms. The first-order valence-corrected chi connectivity index (χ1v) is 5.61. The van der Waals surface area contributed by atoms with Gasteiger partial charge in [0.05, 0.1) is 0 Å². The highest BCUT2D eigenvalue weighted by Crippen LogP contribution is 2.32. The Morgan fingerprint density at radius 2 is 1.85 bits per heavy atom. The van der Waals surface area contributed by atoms with Crippen molar-refractivity contribution < 1.29 is 4.79 Å². The molecule has 76 valence electrons. The molecule has 0 N–H and O–H groups in total. The summed E-state index contributed by atoms with van der Waals surface area (Å²) in [6.07, 6.45) is 6.63. The molecule has 1 aliphatic rings. The van der Waals surface area contributed by atoms with Gasteiger partial charge in [-0.25, -0.2) is 0 Å². The van der Waals surface area contributed by atoms with Crippen molar-refractivity contribution in [3.05, 3.63) is 0 Å². The van der Waals surface area contributed by atoms with Crippen LogP contribution < -0.4 is 0 Å². The Morgan fingerprint density at radius 1 is 1.31 bits per heavy atom. The number of carbonyl (C=O) groups is 1. The van der Waals surface area contributed by atoms with Crippen LogP contribution in [-0.2, 0) is 4.79 Å². The van der Waals surface area contributed by atoms with Crippen molar-refractivity contribution in [2.24, 2.45) is 17.8 Å². The van der Waals surface area contributed by atoms with Crippen molar-refractivity contribution in [3.8, 4) is 0 Å². The summed E-state index contributed by atoms with van der Waals surface area (Å²) < 4.78 is 0. The smallest absolute Gasteiger partial charge is 0.133 e. The van der Waals surface area contributed by atoms with Gasteiger partial charge < -0.3 is 0 Å². The van der Waals surface area contributed by atoms with Gasteiger partial charge in [-0.05, 0) is 25.2 Å². The van der Waals surface area contributed by atoms with Crippen LogP contribution in [0.2, 0.25) is 0 Å². The Bertz CT molecular complexity index is 166. The molecule has 1 fully saturated rings. The van der Waals surface area contributed by atoms with Gasteiger partial charge in [0.25, 0.3) is 0 Å². The fraction of sp³-hybridized carbons (Fsp3) is 0.917. The molecular weight excluding hydrogens is 160 g/mol. The average Bonchev–Trinajstić information content (AvgIpc) is 2.50. The Kier molecular flexibility index (Phi) is 3.95. The molecule has 0 aromatic rings. The van der Waals surface area contributed by atoms with E-state index in [0.717, 1.165) is 12.3 Å². The SMILES string of the molecule is CC(=O)C(CC1CCCC1)C(C)C. The summed E-state index contributed by atoms with van der Waals surface area (Å²) in [5, 5.41) is 0. The van der Waals surface area contributed by atoms with E-state index in [1.54, 1.807) is 6.92 Å². The summed E-state index contributed by atoms with van der Waals surface area (Å²) in [5.41, 5.74) is 0. The molecular formula is C12H22O. The molecule has 0 aliphatic heterocycles. The molecule has 1 aliphatic carbocycles. The van der Waals surface area contributed by atoms with Crippen molar-refractivity contribution >= 4 is 5.78 Å². The molecule has 1 saturated carbocycles. The Labute approximate surface area is 81.9 Å². The highest BCUT2D eigenvalue weighted by molar-refractivity contribution is 5.78. The first-order chi connectivity index (χ1) is 6.11. The molecule has 0 radical (unpaired) electrons. The second-order valence-electron chi connectivity index (χ2n) is 4.85. The molecule has 1 atom stereocenters. The van der Waals surface area contributed by atoms with Gasteiger partial charge >= 0.3 is 0 Å². The number of rotatable bonds is 4. The maximum absolute atomic E-state index is 11.4. The maximum Gasteiger partial charge on any atom is 0.133 e. The molecule has 13 heavy (non-hydrogen) atoms.